The van der Waals surface area contributed by atoms with Crippen LogP contribution in [0.2, 0.25) is 0 Å². The monoisotopic (exact) mass is 304 g/mol. The lowest BCUT2D eigenvalue weighted by molar-refractivity contribution is 0.601. The zero-order chi connectivity index (χ0) is 15.6. The van der Waals surface area contributed by atoms with Crippen LogP contribution in [0.3, 0.4) is 0 Å². The van der Waals surface area contributed by atoms with Crippen molar-refractivity contribution in [3.8, 4) is 0 Å². The number of nitrogens with zero attached hydrogens (tertiary/aromatic N) is 2. The average Bonchev–Trinajstić information content (AvgIpc) is 2.45. The Morgan fingerprint density at radius 3 is 2.24 bits per heavy atom. The van der Waals surface area contributed by atoms with Gasteiger partial charge in [-0.25, -0.2) is 13.4 Å². The molecule has 0 aliphatic carbocycles. The number of rotatable bonds is 4. The number of anilines is 1. The normalized spacial score (nSPS) is 13.0. The SMILES string of the molecule is Cc1cccc(N(C)C(C)c2ccc(S(C)(=O)=O)cc2)n1. The van der Waals surface area contributed by atoms with Gasteiger partial charge in [-0.05, 0) is 43.7 Å². The third kappa shape index (κ3) is 3.61. The number of benzene rings is 1. The summed E-state index contributed by atoms with van der Waals surface area (Å²) >= 11 is 0. The molecule has 1 heterocycles. The van der Waals surface area contributed by atoms with Crippen LogP contribution in [0.15, 0.2) is 47.4 Å². The lowest BCUT2D eigenvalue weighted by atomic mass is 10.1. The van der Waals surface area contributed by atoms with Crippen molar-refractivity contribution in [1.29, 1.82) is 0 Å². The number of pyridine rings is 1. The predicted molar refractivity (Wildman–Crippen MR) is 85.3 cm³/mol. The topological polar surface area (TPSA) is 50.3 Å². The molecule has 1 aromatic carbocycles. The van der Waals surface area contributed by atoms with E-state index in [1.54, 1.807) is 12.1 Å². The summed E-state index contributed by atoms with van der Waals surface area (Å²) in [6, 6.07) is 13.0. The minimum atomic E-state index is -3.15. The summed E-state index contributed by atoms with van der Waals surface area (Å²) < 4.78 is 23.0. The molecule has 4 nitrogen and oxygen atoms in total. The Morgan fingerprint density at radius 2 is 1.71 bits per heavy atom. The van der Waals surface area contributed by atoms with Crippen LogP contribution in [-0.2, 0) is 9.84 Å². The van der Waals surface area contributed by atoms with Gasteiger partial charge < -0.3 is 4.90 Å². The van der Waals surface area contributed by atoms with Gasteiger partial charge in [0.25, 0.3) is 0 Å². The number of hydrogen-bond donors (Lipinski definition) is 0. The van der Waals surface area contributed by atoms with Crippen LogP contribution in [0.1, 0.15) is 24.2 Å². The molecule has 0 saturated heterocycles. The van der Waals surface area contributed by atoms with E-state index in [0.717, 1.165) is 17.1 Å². The van der Waals surface area contributed by atoms with Gasteiger partial charge in [0.05, 0.1) is 10.9 Å². The van der Waals surface area contributed by atoms with Gasteiger partial charge in [-0.15, -0.1) is 0 Å². The van der Waals surface area contributed by atoms with Gasteiger partial charge in [0.1, 0.15) is 5.82 Å². The first-order valence-electron chi connectivity index (χ1n) is 6.75. The van der Waals surface area contributed by atoms with Crippen molar-refractivity contribution in [2.24, 2.45) is 0 Å². The molecule has 1 aromatic heterocycles. The van der Waals surface area contributed by atoms with E-state index in [1.807, 2.05) is 44.3 Å². The molecule has 112 valence electrons. The highest BCUT2D eigenvalue weighted by Crippen LogP contribution is 2.24. The molecule has 0 bridgehead atoms. The van der Waals surface area contributed by atoms with Crippen molar-refractivity contribution >= 4 is 15.7 Å². The maximum atomic E-state index is 11.5. The number of aromatic nitrogens is 1. The summed E-state index contributed by atoms with van der Waals surface area (Å²) in [6.45, 7) is 4.03. The molecule has 1 unspecified atom stereocenters. The fraction of sp³-hybridized carbons (Fsp3) is 0.312. The molecule has 0 spiro atoms. The van der Waals surface area contributed by atoms with Crippen molar-refractivity contribution in [2.45, 2.75) is 24.8 Å². The summed E-state index contributed by atoms with van der Waals surface area (Å²) in [5.74, 6) is 0.898. The molecule has 1 atom stereocenters. The maximum Gasteiger partial charge on any atom is 0.175 e. The highest BCUT2D eigenvalue weighted by Gasteiger charge is 2.14. The first-order valence-corrected chi connectivity index (χ1v) is 8.64. The Morgan fingerprint density at radius 1 is 1.10 bits per heavy atom. The first-order chi connectivity index (χ1) is 9.79. The third-order valence-electron chi connectivity index (χ3n) is 3.61. The molecule has 0 radical (unpaired) electrons. The molecular weight excluding hydrogens is 284 g/mol. The van der Waals surface area contributed by atoms with E-state index in [1.165, 1.54) is 6.26 Å². The Hall–Kier alpha value is -1.88. The second kappa shape index (κ2) is 5.85. The van der Waals surface area contributed by atoms with Crippen molar-refractivity contribution in [3.05, 3.63) is 53.7 Å². The predicted octanol–water partition coefficient (Wildman–Crippen LogP) is 2.99. The van der Waals surface area contributed by atoms with Crippen LogP contribution >= 0.6 is 0 Å². The Labute approximate surface area is 126 Å². The third-order valence-corrected chi connectivity index (χ3v) is 4.74. The largest absolute Gasteiger partial charge is 0.353 e. The van der Waals surface area contributed by atoms with E-state index in [2.05, 4.69) is 16.8 Å². The quantitative estimate of drug-likeness (QED) is 0.871. The maximum absolute atomic E-state index is 11.5. The van der Waals surface area contributed by atoms with Crippen LogP contribution < -0.4 is 4.90 Å². The lowest BCUT2D eigenvalue weighted by Crippen LogP contribution is -2.22. The average molecular weight is 304 g/mol. The van der Waals surface area contributed by atoms with Crippen LogP contribution in [0, 0.1) is 6.92 Å². The zero-order valence-corrected chi connectivity index (χ0v) is 13.6. The van der Waals surface area contributed by atoms with Crippen LogP contribution in [0.4, 0.5) is 5.82 Å². The van der Waals surface area contributed by atoms with E-state index in [4.69, 9.17) is 0 Å². The summed E-state index contributed by atoms with van der Waals surface area (Å²) in [6.07, 6.45) is 1.22. The highest BCUT2D eigenvalue weighted by atomic mass is 32.2. The van der Waals surface area contributed by atoms with Crippen molar-refractivity contribution in [3.63, 3.8) is 0 Å². The van der Waals surface area contributed by atoms with Crippen LogP contribution in [0.25, 0.3) is 0 Å². The first kappa shape index (κ1) is 15.5. The van der Waals surface area contributed by atoms with Gasteiger partial charge in [-0.1, -0.05) is 18.2 Å². The molecule has 5 heteroatoms. The molecule has 0 amide bonds. The molecule has 0 fully saturated rings. The van der Waals surface area contributed by atoms with E-state index in [-0.39, 0.29) is 6.04 Å². The second-order valence-electron chi connectivity index (χ2n) is 5.27. The van der Waals surface area contributed by atoms with Crippen molar-refractivity contribution in [2.75, 3.05) is 18.2 Å². The summed E-state index contributed by atoms with van der Waals surface area (Å²) in [7, 11) is -1.17. The van der Waals surface area contributed by atoms with E-state index >= 15 is 0 Å². The van der Waals surface area contributed by atoms with Crippen LogP contribution in [0.5, 0.6) is 0 Å². The lowest BCUT2D eigenvalue weighted by Gasteiger charge is -2.26. The van der Waals surface area contributed by atoms with E-state index < -0.39 is 9.84 Å². The molecule has 0 aliphatic heterocycles. The Kier molecular flexibility index (Phi) is 4.32. The van der Waals surface area contributed by atoms with Gasteiger partial charge >= 0.3 is 0 Å². The summed E-state index contributed by atoms with van der Waals surface area (Å²) in [4.78, 5) is 6.92. The molecule has 0 N–H and O–H groups in total. The second-order valence-corrected chi connectivity index (χ2v) is 7.28. The van der Waals surface area contributed by atoms with Gasteiger partial charge in [0.2, 0.25) is 0 Å². The molecule has 0 saturated carbocycles. The van der Waals surface area contributed by atoms with Crippen molar-refractivity contribution in [1.82, 2.24) is 4.98 Å². The molecule has 2 rings (SSSR count). The Balaban J connectivity index is 2.25. The van der Waals surface area contributed by atoms with Gasteiger partial charge in [0, 0.05) is 19.0 Å². The van der Waals surface area contributed by atoms with Crippen LogP contribution in [-0.4, -0.2) is 26.7 Å². The van der Waals surface area contributed by atoms with Gasteiger partial charge in [-0.3, -0.25) is 0 Å². The minimum Gasteiger partial charge on any atom is -0.353 e. The highest BCUT2D eigenvalue weighted by molar-refractivity contribution is 7.90. The molecule has 2 aromatic rings. The summed E-state index contributed by atoms with van der Waals surface area (Å²) in [5, 5.41) is 0. The molecular formula is C16H20N2O2S. The fourth-order valence-electron chi connectivity index (χ4n) is 2.14. The Bertz CT molecular complexity index is 724. The standard InChI is InChI=1S/C16H20N2O2S/c1-12-6-5-7-16(17-12)18(3)13(2)14-8-10-15(11-9-14)21(4,19)20/h5-11,13H,1-4H3. The molecule has 0 aliphatic rings. The van der Waals surface area contributed by atoms with Gasteiger partial charge in [0.15, 0.2) is 9.84 Å². The number of aryl methyl sites for hydroxylation is 1. The molecule has 21 heavy (non-hydrogen) atoms. The minimum absolute atomic E-state index is 0.105. The summed E-state index contributed by atoms with van der Waals surface area (Å²) in [5.41, 5.74) is 2.02. The van der Waals surface area contributed by atoms with E-state index in [0.29, 0.717) is 4.90 Å². The van der Waals surface area contributed by atoms with E-state index in [9.17, 15) is 8.42 Å². The number of hydrogen-bond acceptors (Lipinski definition) is 4. The van der Waals surface area contributed by atoms with Crippen molar-refractivity contribution < 1.29 is 8.42 Å². The smallest absolute Gasteiger partial charge is 0.175 e. The number of sulfone groups is 1. The van der Waals surface area contributed by atoms with Gasteiger partial charge in [-0.2, -0.15) is 0 Å². The zero-order valence-electron chi connectivity index (χ0n) is 12.7. The fourth-order valence-corrected chi connectivity index (χ4v) is 2.77.